The second-order valence-electron chi connectivity index (χ2n) is 7.96. The molecule has 1 fully saturated rings. The van der Waals surface area contributed by atoms with Crippen molar-refractivity contribution in [1.29, 1.82) is 0 Å². The van der Waals surface area contributed by atoms with Crippen molar-refractivity contribution in [2.45, 2.75) is 32.4 Å². The van der Waals surface area contributed by atoms with Crippen molar-refractivity contribution in [3.63, 3.8) is 0 Å². The van der Waals surface area contributed by atoms with E-state index in [1.165, 1.54) is 23.7 Å². The highest BCUT2D eigenvalue weighted by Crippen LogP contribution is 2.35. The molecule has 4 heterocycles. The molecule has 192 valence electrons. The molecule has 2 N–H and O–H groups in total. The average Bonchev–Trinajstić information content (AvgIpc) is 3.42. The molecule has 0 radical (unpaired) electrons. The monoisotopic (exact) mass is 572 g/mol. The first kappa shape index (κ1) is 26.6. The van der Waals surface area contributed by atoms with E-state index in [1.54, 1.807) is 21.0 Å². The Morgan fingerprint density at radius 2 is 2.03 bits per heavy atom. The summed E-state index contributed by atoms with van der Waals surface area (Å²) < 4.78 is 10.9. The van der Waals surface area contributed by atoms with Crippen LogP contribution in [0.1, 0.15) is 39.2 Å². The van der Waals surface area contributed by atoms with Gasteiger partial charge in [-0.3, -0.25) is 4.79 Å². The number of hydrogen-bond acceptors (Lipinski definition) is 9. The zero-order chi connectivity index (χ0) is 26.0. The number of halogens is 3. The second kappa shape index (κ2) is 11.3. The van der Waals surface area contributed by atoms with Crippen LogP contribution in [-0.4, -0.2) is 70.8 Å². The number of nitrogens with zero attached hydrogens (tertiary/aromatic N) is 4. The van der Waals surface area contributed by atoms with Crippen LogP contribution in [0, 0.1) is 6.92 Å². The van der Waals surface area contributed by atoms with Crippen molar-refractivity contribution in [3.8, 4) is 11.4 Å². The third-order valence-corrected chi connectivity index (χ3v) is 7.91. The first-order valence-electron chi connectivity index (χ1n) is 11.0. The van der Waals surface area contributed by atoms with Crippen LogP contribution >= 0.6 is 46.1 Å². The quantitative estimate of drug-likeness (QED) is 0.399. The molecule has 3 aromatic rings. The molecule has 14 heteroatoms. The van der Waals surface area contributed by atoms with Crippen LogP contribution in [0.4, 0.5) is 5.13 Å². The number of methoxy groups -OCH3 is 1. The van der Waals surface area contributed by atoms with Gasteiger partial charge in [-0.15, -0.1) is 0 Å². The molecule has 0 aromatic carbocycles. The van der Waals surface area contributed by atoms with Crippen molar-refractivity contribution in [3.05, 3.63) is 43.9 Å². The number of amides is 1. The van der Waals surface area contributed by atoms with E-state index in [0.717, 1.165) is 0 Å². The van der Waals surface area contributed by atoms with Gasteiger partial charge in [-0.05, 0) is 20.3 Å². The van der Waals surface area contributed by atoms with Gasteiger partial charge in [-0.2, -0.15) is 0 Å². The number of aromatic amines is 1. The number of anilines is 1. The molecule has 1 amide bonds. The van der Waals surface area contributed by atoms with Crippen LogP contribution in [0.25, 0.3) is 11.4 Å². The molecule has 0 bridgehead atoms. The number of hydrogen-bond donors (Lipinski definition) is 2. The maximum absolute atomic E-state index is 12.8. The Bertz CT molecular complexity index is 1270. The molecule has 0 spiro atoms. The van der Waals surface area contributed by atoms with Crippen LogP contribution in [0.15, 0.2) is 12.4 Å². The highest BCUT2D eigenvalue weighted by Gasteiger charge is 2.34. The number of H-pyrrole nitrogens is 1. The van der Waals surface area contributed by atoms with E-state index in [0.29, 0.717) is 51.6 Å². The van der Waals surface area contributed by atoms with E-state index in [4.69, 9.17) is 44.3 Å². The standard InChI is InChI=1S/C22H23Cl3N6O4S/c1-4-35-21(33)19-17(12-7-27-14(23)8-26-12)30-22(36-19)31-6-5-11(13(9-31)34-3)29-20(32)18-16(25)15(24)10(2)28-18/h7-8,11,13,28H,4-6,9H2,1-3H3,(H,29,32). The fourth-order valence-electron chi connectivity index (χ4n) is 3.85. The zero-order valence-corrected chi connectivity index (χ0v) is 22.7. The molecule has 36 heavy (non-hydrogen) atoms. The van der Waals surface area contributed by atoms with Gasteiger partial charge >= 0.3 is 5.97 Å². The Labute approximate surface area is 226 Å². The van der Waals surface area contributed by atoms with Gasteiger partial charge in [0, 0.05) is 25.9 Å². The Hall–Kier alpha value is -2.44. The summed E-state index contributed by atoms with van der Waals surface area (Å²) in [5.74, 6) is -0.854. The Morgan fingerprint density at radius 3 is 2.64 bits per heavy atom. The van der Waals surface area contributed by atoms with E-state index in [9.17, 15) is 9.59 Å². The molecule has 10 nitrogen and oxygen atoms in total. The molecule has 4 rings (SSSR count). The summed E-state index contributed by atoms with van der Waals surface area (Å²) in [5, 5.41) is 4.33. The number of nitrogens with one attached hydrogen (secondary N) is 2. The minimum atomic E-state index is -0.491. The summed E-state index contributed by atoms with van der Waals surface area (Å²) in [5.41, 5.74) is 1.61. The molecule has 3 aromatic heterocycles. The van der Waals surface area contributed by atoms with Crippen molar-refractivity contribution in [2.24, 2.45) is 0 Å². The number of ether oxygens (including phenoxy) is 2. The topological polar surface area (TPSA) is 122 Å². The lowest BCUT2D eigenvalue weighted by Gasteiger charge is -2.37. The number of esters is 1. The third kappa shape index (κ3) is 5.45. The van der Waals surface area contributed by atoms with Crippen molar-refractivity contribution in [2.75, 3.05) is 31.7 Å². The lowest BCUT2D eigenvalue weighted by Crippen LogP contribution is -2.55. The first-order chi connectivity index (χ1) is 17.2. The van der Waals surface area contributed by atoms with Gasteiger partial charge in [0.05, 0.1) is 41.2 Å². The van der Waals surface area contributed by atoms with Gasteiger partial charge in [0.25, 0.3) is 5.91 Å². The van der Waals surface area contributed by atoms with Crippen LogP contribution in [0.5, 0.6) is 0 Å². The van der Waals surface area contributed by atoms with Gasteiger partial charge in [-0.25, -0.2) is 19.7 Å². The third-order valence-electron chi connectivity index (χ3n) is 5.67. The smallest absolute Gasteiger partial charge is 0.350 e. The summed E-state index contributed by atoms with van der Waals surface area (Å²) in [6.07, 6.45) is 3.08. The van der Waals surface area contributed by atoms with Crippen LogP contribution in [0.2, 0.25) is 15.2 Å². The molecule has 2 atom stereocenters. The van der Waals surface area contributed by atoms with Gasteiger partial charge in [-0.1, -0.05) is 46.1 Å². The van der Waals surface area contributed by atoms with E-state index in [1.807, 2.05) is 4.90 Å². The van der Waals surface area contributed by atoms with Crippen LogP contribution in [-0.2, 0) is 9.47 Å². The molecular formula is C22H23Cl3N6O4S. The molecule has 2 unspecified atom stereocenters. The summed E-state index contributed by atoms with van der Waals surface area (Å²) in [6, 6.07) is -0.275. The number of carbonyl (C=O) groups excluding carboxylic acids is 2. The molecule has 1 aliphatic heterocycles. The molecular weight excluding hydrogens is 551 g/mol. The largest absolute Gasteiger partial charge is 0.462 e. The van der Waals surface area contributed by atoms with E-state index >= 15 is 0 Å². The highest BCUT2D eigenvalue weighted by molar-refractivity contribution is 7.17. The predicted octanol–water partition coefficient (Wildman–Crippen LogP) is 4.40. The maximum atomic E-state index is 12.8. The summed E-state index contributed by atoms with van der Waals surface area (Å²) in [6.45, 7) is 4.69. The summed E-state index contributed by atoms with van der Waals surface area (Å²) in [7, 11) is 1.58. The van der Waals surface area contributed by atoms with Gasteiger partial charge in [0.1, 0.15) is 27.1 Å². The first-order valence-corrected chi connectivity index (χ1v) is 13.0. The average molecular weight is 574 g/mol. The SMILES string of the molecule is CCOC(=O)c1sc(N2CCC(NC(=O)c3[nH]c(C)c(Cl)c3Cl)C(OC)C2)nc1-c1cnc(Cl)cn1. The molecule has 0 aliphatic carbocycles. The fraction of sp³-hybridized carbons (Fsp3) is 0.409. The minimum Gasteiger partial charge on any atom is -0.462 e. The molecule has 1 aliphatic rings. The number of rotatable bonds is 7. The van der Waals surface area contributed by atoms with E-state index in [-0.39, 0.29) is 40.5 Å². The highest BCUT2D eigenvalue weighted by atomic mass is 35.5. The lowest BCUT2D eigenvalue weighted by atomic mass is 10.0. The Balaban J connectivity index is 1.54. The van der Waals surface area contributed by atoms with Gasteiger partial charge in [0.15, 0.2) is 5.13 Å². The predicted molar refractivity (Wildman–Crippen MR) is 139 cm³/mol. The van der Waals surface area contributed by atoms with Gasteiger partial charge < -0.3 is 24.7 Å². The van der Waals surface area contributed by atoms with Crippen molar-refractivity contribution >= 4 is 63.1 Å². The van der Waals surface area contributed by atoms with Crippen LogP contribution in [0.3, 0.4) is 0 Å². The Morgan fingerprint density at radius 1 is 1.25 bits per heavy atom. The minimum absolute atomic E-state index is 0.185. The maximum Gasteiger partial charge on any atom is 0.350 e. The molecule has 0 saturated carbocycles. The fourth-order valence-corrected chi connectivity index (χ4v) is 5.37. The van der Waals surface area contributed by atoms with Gasteiger partial charge in [0.2, 0.25) is 0 Å². The van der Waals surface area contributed by atoms with Crippen LogP contribution < -0.4 is 10.2 Å². The second-order valence-corrected chi connectivity index (χ2v) is 10.1. The number of piperidine rings is 1. The lowest BCUT2D eigenvalue weighted by molar-refractivity contribution is 0.0531. The van der Waals surface area contributed by atoms with E-state index < -0.39 is 5.97 Å². The summed E-state index contributed by atoms with van der Waals surface area (Å²) in [4.78, 5) is 43.7. The van der Waals surface area contributed by atoms with Crippen molar-refractivity contribution < 1.29 is 19.1 Å². The van der Waals surface area contributed by atoms with E-state index in [2.05, 4.69) is 25.3 Å². The summed E-state index contributed by atoms with van der Waals surface area (Å²) >= 11 is 19.4. The number of thiazole rings is 1. The number of aromatic nitrogens is 4. The Kier molecular flexibility index (Phi) is 8.36. The number of carbonyl (C=O) groups is 2. The zero-order valence-electron chi connectivity index (χ0n) is 19.6. The van der Waals surface area contributed by atoms with Crippen molar-refractivity contribution in [1.82, 2.24) is 25.3 Å². The molecule has 1 saturated heterocycles. The number of aryl methyl sites for hydroxylation is 1. The normalized spacial score (nSPS) is 17.8.